The highest BCUT2D eigenvalue weighted by molar-refractivity contribution is 6.32. The van der Waals surface area contributed by atoms with E-state index >= 15 is 0 Å². The monoisotopic (exact) mass is 356 g/mol. The number of rotatable bonds is 7. The fourth-order valence-corrected chi connectivity index (χ4v) is 2.15. The minimum Gasteiger partial charge on any atom is -0.512 e. The normalized spacial score (nSPS) is 10.7. The molecule has 25 heavy (non-hydrogen) atoms. The first kappa shape index (κ1) is 18.4. The summed E-state index contributed by atoms with van der Waals surface area (Å²) in [6.45, 7) is 9.56. The van der Waals surface area contributed by atoms with Gasteiger partial charge in [0.2, 0.25) is 0 Å². The summed E-state index contributed by atoms with van der Waals surface area (Å²) < 4.78 is 10.7. The molecule has 2 rings (SSSR count). The van der Waals surface area contributed by atoms with Crippen molar-refractivity contribution in [3.63, 3.8) is 0 Å². The Balaban J connectivity index is 2.01. The molecule has 0 unspecified atom stereocenters. The quantitative estimate of drug-likeness (QED) is 0.446. The van der Waals surface area contributed by atoms with Gasteiger partial charge in [-0.2, -0.15) is 0 Å². The van der Waals surface area contributed by atoms with E-state index in [0.717, 1.165) is 11.8 Å². The molecular weight excluding hydrogens is 340 g/mol. The van der Waals surface area contributed by atoms with Crippen molar-refractivity contribution in [1.29, 1.82) is 0 Å². The van der Waals surface area contributed by atoms with Gasteiger partial charge in [-0.05, 0) is 30.7 Å². The van der Waals surface area contributed by atoms with E-state index < -0.39 is 5.91 Å². The highest BCUT2D eigenvalue weighted by Gasteiger charge is 2.12. The molecule has 0 fully saturated rings. The lowest BCUT2D eigenvalue weighted by Crippen LogP contribution is -2.13. The molecule has 1 N–H and O–H groups in total. The van der Waals surface area contributed by atoms with E-state index in [1.54, 1.807) is 25.1 Å². The topological polar surface area (TPSA) is 51.9 Å². The summed E-state index contributed by atoms with van der Waals surface area (Å²) in [6.07, 6.45) is 1.14. The summed E-state index contributed by atoms with van der Waals surface area (Å²) in [5, 5.41) is 2.97. The van der Waals surface area contributed by atoms with Crippen molar-refractivity contribution < 1.29 is 14.3 Å². The van der Waals surface area contributed by atoms with Gasteiger partial charge >= 0.3 is 0 Å². The van der Waals surface area contributed by atoms with Gasteiger partial charge in [-0.1, -0.05) is 41.9 Å². The number of ether oxygens (including phenoxy) is 2. The molecule has 0 spiro atoms. The zero-order chi connectivity index (χ0) is 18.1. The third-order valence-electron chi connectivity index (χ3n) is 3.14. The fraction of sp³-hybridized carbons (Fsp3) is 0.158. The van der Waals surface area contributed by atoms with Crippen LogP contribution in [-0.4, -0.2) is 12.5 Å². The molecule has 0 heterocycles. The smallest absolute Gasteiger partial charge is 0.283 e. The van der Waals surface area contributed by atoms with Crippen molar-refractivity contribution in [2.75, 3.05) is 11.9 Å². The largest absolute Gasteiger partial charge is 0.512 e. The van der Waals surface area contributed by atoms with Crippen LogP contribution in [0.1, 0.15) is 12.5 Å². The maximum atomic E-state index is 12.0. The van der Waals surface area contributed by atoms with Gasteiger partial charge in [0.25, 0.3) is 11.6 Å². The first-order chi connectivity index (χ1) is 12.1. The predicted molar refractivity (Wildman–Crippen MR) is 97.2 cm³/mol. The molecule has 0 saturated heterocycles. The number of halogens is 1. The Bertz CT molecular complexity index is 798. The first-order valence-electron chi connectivity index (χ1n) is 7.61. The van der Waals surface area contributed by atoms with Crippen LogP contribution in [0.3, 0.4) is 0 Å². The van der Waals surface area contributed by atoms with Crippen LogP contribution in [0.4, 0.5) is 5.69 Å². The fourth-order valence-electron chi connectivity index (χ4n) is 1.92. The molecule has 0 atom stereocenters. The number of hydrogen-bond acceptors (Lipinski definition) is 3. The molecule has 0 aliphatic carbocycles. The molecule has 2 aromatic rings. The summed E-state index contributed by atoms with van der Waals surface area (Å²) in [7, 11) is 0. The van der Waals surface area contributed by atoms with E-state index in [1.807, 2.05) is 30.3 Å². The van der Waals surface area contributed by atoms with Crippen molar-refractivity contribution in [1.82, 2.24) is 0 Å². The van der Waals surface area contributed by atoms with Gasteiger partial charge in [-0.15, -0.1) is 0 Å². The minimum atomic E-state index is -0.558. The van der Waals surface area contributed by atoms with Gasteiger partial charge in [-0.3, -0.25) is 4.79 Å². The molecule has 0 radical (unpaired) electrons. The zero-order valence-corrected chi connectivity index (χ0v) is 14.4. The van der Waals surface area contributed by atoms with E-state index in [2.05, 4.69) is 10.2 Å². The molecule has 0 bridgehead atoms. The average Bonchev–Trinajstić information content (AvgIpc) is 2.62. The van der Waals surface area contributed by atoms with Crippen LogP contribution in [0.25, 0.3) is 4.85 Å². The number of carbonyl (C=O) groups is 1. The van der Waals surface area contributed by atoms with Gasteiger partial charge < -0.3 is 14.8 Å². The number of anilines is 1. The Morgan fingerprint density at radius 3 is 2.68 bits per heavy atom. The maximum Gasteiger partial charge on any atom is 0.283 e. The molecule has 6 heteroatoms. The van der Waals surface area contributed by atoms with Gasteiger partial charge in [-0.25, -0.2) is 4.85 Å². The molecule has 0 aromatic heterocycles. The standard InChI is InChI=1S/C19H17ClN2O3/c1-3-24-13-17(21-2)19(23)22-15-9-10-18(16(20)11-15)25-12-14-7-5-4-6-8-14/h4-11,13H,3,12H2,1H3,(H,22,23)/b17-13+. The molecule has 0 saturated carbocycles. The van der Waals surface area contributed by atoms with E-state index in [0.29, 0.717) is 29.7 Å². The van der Waals surface area contributed by atoms with Crippen LogP contribution in [0.5, 0.6) is 5.75 Å². The Labute approximate surface area is 151 Å². The number of hydrogen-bond donors (Lipinski definition) is 1. The summed E-state index contributed by atoms with van der Waals surface area (Å²) in [6, 6.07) is 14.6. The van der Waals surface area contributed by atoms with Crippen molar-refractivity contribution in [2.24, 2.45) is 0 Å². The number of nitrogens with zero attached hydrogens (tertiary/aromatic N) is 1. The number of nitrogens with one attached hydrogen (secondary N) is 1. The van der Waals surface area contributed by atoms with Crippen LogP contribution in [-0.2, 0) is 16.1 Å². The van der Waals surface area contributed by atoms with E-state index in [-0.39, 0.29) is 5.70 Å². The average molecular weight is 357 g/mol. The summed E-state index contributed by atoms with van der Waals surface area (Å²) >= 11 is 6.20. The molecule has 1 amide bonds. The second-order valence-corrected chi connectivity index (χ2v) is 5.35. The maximum absolute atomic E-state index is 12.0. The summed E-state index contributed by atoms with van der Waals surface area (Å²) in [5.41, 5.74) is 1.36. The summed E-state index contributed by atoms with van der Waals surface area (Å²) in [4.78, 5) is 15.2. The second-order valence-electron chi connectivity index (χ2n) is 4.94. The molecule has 5 nitrogen and oxygen atoms in total. The van der Waals surface area contributed by atoms with Crippen LogP contribution >= 0.6 is 11.6 Å². The van der Waals surface area contributed by atoms with E-state index in [4.69, 9.17) is 27.6 Å². The van der Waals surface area contributed by atoms with Crippen molar-refractivity contribution >= 4 is 23.2 Å². The van der Waals surface area contributed by atoms with Gasteiger partial charge in [0, 0.05) is 5.69 Å². The Morgan fingerprint density at radius 1 is 1.28 bits per heavy atom. The second kappa shape index (κ2) is 9.36. The van der Waals surface area contributed by atoms with Crippen LogP contribution < -0.4 is 10.1 Å². The lowest BCUT2D eigenvalue weighted by atomic mass is 10.2. The molecule has 128 valence electrons. The minimum absolute atomic E-state index is 0.137. The Kier molecular flexibility index (Phi) is 6.87. The first-order valence-corrected chi connectivity index (χ1v) is 7.98. The van der Waals surface area contributed by atoms with Crippen LogP contribution in [0, 0.1) is 6.57 Å². The number of amides is 1. The van der Waals surface area contributed by atoms with Gasteiger partial charge in [0.1, 0.15) is 12.4 Å². The van der Waals surface area contributed by atoms with Crippen LogP contribution in [0.15, 0.2) is 60.5 Å². The molecule has 0 aliphatic rings. The lowest BCUT2D eigenvalue weighted by Gasteiger charge is -2.10. The lowest BCUT2D eigenvalue weighted by molar-refractivity contribution is -0.112. The predicted octanol–water partition coefficient (Wildman–Crippen LogP) is 4.65. The number of carbonyl (C=O) groups excluding carboxylic acids is 1. The Morgan fingerprint density at radius 2 is 2.04 bits per heavy atom. The molecule has 2 aromatic carbocycles. The van der Waals surface area contributed by atoms with Crippen molar-refractivity contribution in [2.45, 2.75) is 13.5 Å². The summed E-state index contributed by atoms with van der Waals surface area (Å²) in [5.74, 6) is -0.0451. The van der Waals surface area contributed by atoms with Crippen molar-refractivity contribution in [3.05, 3.63) is 82.5 Å². The highest BCUT2D eigenvalue weighted by Crippen LogP contribution is 2.28. The SMILES string of the molecule is [C-]#[N+]/C(=C/OCC)C(=O)Nc1ccc(OCc2ccccc2)c(Cl)c1. The number of benzene rings is 2. The molecule has 0 aliphatic heterocycles. The van der Waals surface area contributed by atoms with E-state index in [1.165, 1.54) is 0 Å². The van der Waals surface area contributed by atoms with E-state index in [9.17, 15) is 4.79 Å². The highest BCUT2D eigenvalue weighted by atomic mass is 35.5. The third-order valence-corrected chi connectivity index (χ3v) is 3.44. The third kappa shape index (κ3) is 5.55. The Hall–Kier alpha value is -2.97. The molecular formula is C19H17ClN2O3. The van der Waals surface area contributed by atoms with Crippen LogP contribution in [0.2, 0.25) is 5.02 Å². The van der Waals surface area contributed by atoms with Gasteiger partial charge in [0.05, 0.1) is 24.5 Å². The van der Waals surface area contributed by atoms with Gasteiger partial charge in [0.15, 0.2) is 0 Å². The van der Waals surface area contributed by atoms with Crippen molar-refractivity contribution in [3.8, 4) is 5.75 Å². The zero-order valence-electron chi connectivity index (χ0n) is 13.7.